The van der Waals surface area contributed by atoms with Crippen LogP contribution in [0.25, 0.3) is 0 Å². The van der Waals surface area contributed by atoms with Gasteiger partial charge in [-0.25, -0.2) is 9.29 Å². The molecule has 0 aliphatic carbocycles. The quantitative estimate of drug-likeness (QED) is 0.589. The number of hydrogen-bond acceptors (Lipinski definition) is 1. The molecule has 0 aromatic heterocycles. The van der Waals surface area contributed by atoms with Crippen molar-refractivity contribution in [3.05, 3.63) is 12.4 Å². The first-order valence-corrected chi connectivity index (χ1v) is 4.03. The molecule has 4 heteroatoms. The maximum absolute atomic E-state index is 12.9. The van der Waals surface area contributed by atoms with E-state index < -0.39 is 11.9 Å². The molecule has 0 saturated carbocycles. The number of halogens is 3. The standard InChI is InChI=1S/C8H12F3N/c1-7(9)8(10,11)12-5-3-2-4-6-12/h1-6H2. The Labute approximate surface area is 69.9 Å². The molecule has 12 heavy (non-hydrogen) atoms. The third kappa shape index (κ3) is 1.80. The van der Waals surface area contributed by atoms with Crippen LogP contribution in [0.15, 0.2) is 12.4 Å². The zero-order valence-corrected chi connectivity index (χ0v) is 6.82. The normalized spacial score (nSPS) is 20.9. The van der Waals surface area contributed by atoms with Crippen molar-refractivity contribution in [2.24, 2.45) is 0 Å². The lowest BCUT2D eigenvalue weighted by Crippen LogP contribution is -2.44. The van der Waals surface area contributed by atoms with Gasteiger partial charge in [0.15, 0.2) is 5.83 Å². The Kier molecular flexibility index (Phi) is 2.77. The molecule has 70 valence electrons. The van der Waals surface area contributed by atoms with Gasteiger partial charge in [0.25, 0.3) is 0 Å². The maximum atomic E-state index is 12.9. The molecular formula is C8H12F3N. The molecule has 1 heterocycles. The van der Waals surface area contributed by atoms with Gasteiger partial charge in [0, 0.05) is 13.1 Å². The van der Waals surface area contributed by atoms with Crippen LogP contribution < -0.4 is 0 Å². The Hall–Kier alpha value is -0.510. The van der Waals surface area contributed by atoms with Gasteiger partial charge in [-0.2, -0.15) is 8.78 Å². The first kappa shape index (κ1) is 9.58. The second-order valence-electron chi connectivity index (χ2n) is 2.99. The minimum absolute atomic E-state index is 0.260. The summed E-state index contributed by atoms with van der Waals surface area (Å²) in [4.78, 5) is 0.846. The Morgan fingerprint density at radius 3 is 2.08 bits per heavy atom. The third-order valence-electron chi connectivity index (χ3n) is 2.08. The summed E-state index contributed by atoms with van der Waals surface area (Å²) in [6, 6.07) is -3.46. The number of likely N-dealkylation sites (tertiary alicyclic amines) is 1. The zero-order valence-electron chi connectivity index (χ0n) is 6.82. The van der Waals surface area contributed by atoms with Gasteiger partial charge < -0.3 is 0 Å². The molecule has 1 rings (SSSR count). The van der Waals surface area contributed by atoms with Crippen molar-refractivity contribution in [2.45, 2.75) is 25.3 Å². The summed E-state index contributed by atoms with van der Waals surface area (Å²) in [5.41, 5.74) is 0. The number of hydrogen-bond donors (Lipinski definition) is 0. The molecule has 0 spiro atoms. The zero-order chi connectivity index (χ0) is 9.19. The molecule has 1 saturated heterocycles. The van der Waals surface area contributed by atoms with Crippen molar-refractivity contribution in [1.82, 2.24) is 4.90 Å². The Morgan fingerprint density at radius 2 is 1.67 bits per heavy atom. The van der Waals surface area contributed by atoms with E-state index in [9.17, 15) is 13.2 Å². The van der Waals surface area contributed by atoms with Crippen LogP contribution in [-0.4, -0.2) is 24.0 Å². The summed E-state index contributed by atoms with van der Waals surface area (Å²) in [6.07, 6.45) is 2.37. The van der Waals surface area contributed by atoms with Crippen LogP contribution in [0.1, 0.15) is 19.3 Å². The van der Waals surface area contributed by atoms with Crippen molar-refractivity contribution in [1.29, 1.82) is 0 Å². The molecular weight excluding hydrogens is 167 g/mol. The summed E-state index contributed by atoms with van der Waals surface area (Å²) in [5, 5.41) is 0. The van der Waals surface area contributed by atoms with E-state index in [1.54, 1.807) is 0 Å². The SMILES string of the molecule is C=C(F)C(F)(F)N1CCCCC1. The first-order valence-electron chi connectivity index (χ1n) is 4.03. The van der Waals surface area contributed by atoms with Crippen LogP contribution in [0.2, 0.25) is 0 Å². The predicted molar refractivity (Wildman–Crippen MR) is 40.6 cm³/mol. The van der Waals surface area contributed by atoms with E-state index in [0.717, 1.165) is 11.3 Å². The summed E-state index contributed by atoms with van der Waals surface area (Å²) in [7, 11) is 0. The van der Waals surface area contributed by atoms with E-state index in [1.165, 1.54) is 0 Å². The summed E-state index contributed by atoms with van der Waals surface area (Å²) in [6.45, 7) is 3.16. The minimum Gasteiger partial charge on any atom is -0.238 e. The van der Waals surface area contributed by atoms with E-state index in [2.05, 4.69) is 6.58 Å². The largest absolute Gasteiger partial charge is 0.357 e. The monoisotopic (exact) mass is 179 g/mol. The second-order valence-corrected chi connectivity index (χ2v) is 2.99. The van der Waals surface area contributed by atoms with Gasteiger partial charge in [0.2, 0.25) is 0 Å². The highest BCUT2D eigenvalue weighted by Gasteiger charge is 2.41. The average Bonchev–Trinajstić information content (AvgIpc) is 2.06. The van der Waals surface area contributed by atoms with Crippen LogP contribution >= 0.6 is 0 Å². The molecule has 1 aliphatic heterocycles. The minimum atomic E-state index is -3.46. The second kappa shape index (κ2) is 3.47. The van der Waals surface area contributed by atoms with Crippen molar-refractivity contribution in [2.75, 3.05) is 13.1 Å². The molecule has 0 unspecified atom stereocenters. The smallest absolute Gasteiger partial charge is 0.238 e. The molecule has 1 aliphatic rings. The van der Waals surface area contributed by atoms with Gasteiger partial charge in [-0.1, -0.05) is 13.0 Å². The van der Waals surface area contributed by atoms with E-state index in [1.807, 2.05) is 0 Å². The van der Waals surface area contributed by atoms with Crippen LogP contribution in [0.5, 0.6) is 0 Å². The molecule has 0 atom stereocenters. The van der Waals surface area contributed by atoms with Crippen molar-refractivity contribution < 1.29 is 13.2 Å². The van der Waals surface area contributed by atoms with E-state index in [-0.39, 0.29) is 13.1 Å². The number of alkyl halides is 2. The number of rotatable bonds is 2. The Bertz CT molecular complexity index is 173. The van der Waals surface area contributed by atoms with Crippen molar-refractivity contribution in [3.63, 3.8) is 0 Å². The average molecular weight is 179 g/mol. The fourth-order valence-electron chi connectivity index (χ4n) is 1.35. The lowest BCUT2D eigenvalue weighted by atomic mass is 10.1. The van der Waals surface area contributed by atoms with Crippen molar-refractivity contribution in [3.8, 4) is 0 Å². The Morgan fingerprint density at radius 1 is 1.17 bits per heavy atom. The number of nitrogens with zero attached hydrogens (tertiary/aromatic N) is 1. The highest BCUT2D eigenvalue weighted by atomic mass is 19.3. The van der Waals surface area contributed by atoms with E-state index in [0.29, 0.717) is 12.8 Å². The third-order valence-corrected chi connectivity index (χ3v) is 2.08. The maximum Gasteiger partial charge on any atom is 0.357 e. The number of piperidine rings is 1. The lowest BCUT2D eigenvalue weighted by molar-refractivity contribution is -0.134. The van der Waals surface area contributed by atoms with Gasteiger partial charge in [-0.05, 0) is 12.8 Å². The van der Waals surface area contributed by atoms with Gasteiger partial charge in [-0.15, -0.1) is 0 Å². The van der Waals surface area contributed by atoms with Crippen LogP contribution in [0.4, 0.5) is 13.2 Å². The molecule has 1 fully saturated rings. The highest BCUT2D eigenvalue weighted by Crippen LogP contribution is 2.30. The molecule has 0 bridgehead atoms. The topological polar surface area (TPSA) is 3.24 Å². The van der Waals surface area contributed by atoms with Crippen LogP contribution in [0.3, 0.4) is 0 Å². The van der Waals surface area contributed by atoms with Crippen LogP contribution in [-0.2, 0) is 0 Å². The first-order chi connectivity index (χ1) is 5.55. The van der Waals surface area contributed by atoms with Crippen LogP contribution in [0, 0.1) is 0 Å². The van der Waals surface area contributed by atoms with Gasteiger partial charge in [0.05, 0.1) is 0 Å². The Balaban J connectivity index is 2.59. The molecule has 0 radical (unpaired) electrons. The fourth-order valence-corrected chi connectivity index (χ4v) is 1.35. The fraction of sp³-hybridized carbons (Fsp3) is 0.750. The van der Waals surface area contributed by atoms with Gasteiger partial charge in [-0.3, -0.25) is 0 Å². The predicted octanol–water partition coefficient (Wildman–Crippen LogP) is 2.55. The molecule has 0 N–H and O–H groups in total. The summed E-state index contributed by atoms with van der Waals surface area (Å²) < 4.78 is 38.0. The molecule has 1 nitrogen and oxygen atoms in total. The summed E-state index contributed by atoms with van der Waals surface area (Å²) >= 11 is 0. The molecule has 0 aromatic rings. The molecule has 0 amide bonds. The van der Waals surface area contributed by atoms with E-state index >= 15 is 0 Å². The highest BCUT2D eigenvalue weighted by molar-refractivity contribution is 4.97. The lowest BCUT2D eigenvalue weighted by Gasteiger charge is -2.32. The van der Waals surface area contributed by atoms with Gasteiger partial charge >= 0.3 is 6.05 Å². The van der Waals surface area contributed by atoms with Crippen molar-refractivity contribution >= 4 is 0 Å². The molecule has 0 aromatic carbocycles. The van der Waals surface area contributed by atoms with Gasteiger partial charge in [0.1, 0.15) is 0 Å². The summed E-state index contributed by atoms with van der Waals surface area (Å²) in [5.74, 6) is -1.55. The van der Waals surface area contributed by atoms with E-state index in [4.69, 9.17) is 0 Å².